The number of hydrogen-bond donors (Lipinski definition) is 0. The minimum atomic E-state index is 0.178. The third kappa shape index (κ3) is 2.00. The quantitative estimate of drug-likeness (QED) is 0.842. The van der Waals surface area contributed by atoms with Crippen molar-refractivity contribution in [2.45, 2.75) is 24.9 Å². The predicted molar refractivity (Wildman–Crippen MR) is 81.9 cm³/mol. The van der Waals surface area contributed by atoms with Gasteiger partial charge in [-0.1, -0.05) is 29.4 Å². The Hall–Kier alpha value is -2.29. The highest BCUT2D eigenvalue weighted by atomic mass is 16.6. The van der Waals surface area contributed by atoms with Crippen molar-refractivity contribution in [3.8, 4) is 5.75 Å². The molecule has 1 heterocycles. The summed E-state index contributed by atoms with van der Waals surface area (Å²) in [6.07, 6.45) is 2.28. The Kier molecular flexibility index (Phi) is 2.92. The van der Waals surface area contributed by atoms with Crippen LogP contribution in [0.25, 0.3) is 0 Å². The molecule has 1 aliphatic carbocycles. The topological polar surface area (TPSA) is 30.8 Å². The van der Waals surface area contributed by atoms with E-state index in [2.05, 4.69) is 41.6 Å². The molecule has 0 amide bonds. The van der Waals surface area contributed by atoms with Crippen LogP contribution in [-0.4, -0.2) is 18.9 Å². The van der Waals surface area contributed by atoms with Crippen molar-refractivity contribution < 1.29 is 9.57 Å². The number of rotatable bonds is 2. The number of nitrogens with zero attached hydrogens (tertiary/aromatic N) is 1. The lowest BCUT2D eigenvalue weighted by atomic mass is 9.77. The molecule has 2 atom stereocenters. The first kappa shape index (κ1) is 12.5. The molecule has 106 valence electrons. The Morgan fingerprint density at radius 1 is 1.10 bits per heavy atom. The van der Waals surface area contributed by atoms with E-state index in [0.29, 0.717) is 0 Å². The summed E-state index contributed by atoms with van der Waals surface area (Å²) in [6, 6.07) is 16.7. The highest BCUT2D eigenvalue weighted by molar-refractivity contribution is 6.06. The maximum absolute atomic E-state index is 5.69. The summed E-state index contributed by atoms with van der Waals surface area (Å²) in [5.74, 6) is 1.11. The Bertz CT molecular complexity index is 691. The molecule has 0 saturated carbocycles. The van der Waals surface area contributed by atoms with Crippen LogP contribution < -0.4 is 4.74 Å². The molecule has 1 aliphatic heterocycles. The van der Waals surface area contributed by atoms with Crippen molar-refractivity contribution in [1.29, 1.82) is 0 Å². The minimum Gasteiger partial charge on any atom is -0.497 e. The first-order valence-electron chi connectivity index (χ1n) is 7.33. The van der Waals surface area contributed by atoms with E-state index in [4.69, 9.17) is 9.57 Å². The van der Waals surface area contributed by atoms with Crippen molar-refractivity contribution in [3.63, 3.8) is 0 Å². The number of aryl methyl sites for hydroxylation is 1. The van der Waals surface area contributed by atoms with Gasteiger partial charge in [0.2, 0.25) is 0 Å². The third-order valence-corrected chi connectivity index (χ3v) is 4.43. The Morgan fingerprint density at radius 3 is 2.71 bits per heavy atom. The first-order chi connectivity index (χ1) is 10.4. The highest BCUT2D eigenvalue weighted by Gasteiger charge is 2.39. The van der Waals surface area contributed by atoms with Gasteiger partial charge in [-0.05, 0) is 48.2 Å². The molecule has 21 heavy (non-hydrogen) atoms. The predicted octanol–water partition coefficient (Wildman–Crippen LogP) is 3.53. The zero-order valence-electron chi connectivity index (χ0n) is 12.0. The molecular weight excluding hydrogens is 262 g/mol. The van der Waals surface area contributed by atoms with Gasteiger partial charge in [0.1, 0.15) is 11.9 Å². The van der Waals surface area contributed by atoms with Crippen LogP contribution in [0, 0.1) is 0 Å². The number of ether oxygens (including phenoxy) is 1. The molecule has 0 spiro atoms. The molecule has 3 nitrogen and oxygen atoms in total. The van der Waals surface area contributed by atoms with Gasteiger partial charge in [0.05, 0.1) is 18.7 Å². The molecule has 0 fully saturated rings. The lowest BCUT2D eigenvalue weighted by molar-refractivity contribution is 0.0663. The van der Waals surface area contributed by atoms with Crippen LogP contribution in [0.1, 0.15) is 29.0 Å². The Balaban J connectivity index is 1.74. The summed E-state index contributed by atoms with van der Waals surface area (Å²) in [5.41, 5.74) is 4.93. The Labute approximate surface area is 124 Å². The number of oxime groups is 1. The fourth-order valence-electron chi connectivity index (χ4n) is 3.34. The van der Waals surface area contributed by atoms with Crippen molar-refractivity contribution in [3.05, 3.63) is 65.2 Å². The summed E-state index contributed by atoms with van der Waals surface area (Å²) in [5, 5.41) is 4.38. The summed E-state index contributed by atoms with van der Waals surface area (Å²) < 4.78 is 5.22. The Morgan fingerprint density at radius 2 is 1.90 bits per heavy atom. The molecule has 2 aromatic rings. The van der Waals surface area contributed by atoms with Gasteiger partial charge in [-0.2, -0.15) is 0 Å². The molecule has 0 radical (unpaired) electrons. The van der Waals surface area contributed by atoms with Crippen LogP contribution in [-0.2, 0) is 11.3 Å². The molecule has 0 aromatic heterocycles. The van der Waals surface area contributed by atoms with Gasteiger partial charge in [0, 0.05) is 5.56 Å². The van der Waals surface area contributed by atoms with Gasteiger partial charge in [0.15, 0.2) is 0 Å². The van der Waals surface area contributed by atoms with E-state index < -0.39 is 0 Å². The molecule has 2 aromatic carbocycles. The number of methoxy groups -OCH3 is 1. The maximum atomic E-state index is 5.69. The second-order valence-corrected chi connectivity index (χ2v) is 5.56. The largest absolute Gasteiger partial charge is 0.497 e. The van der Waals surface area contributed by atoms with Crippen LogP contribution in [0.4, 0.5) is 0 Å². The fraction of sp³-hybridized carbons (Fsp3) is 0.278. The van der Waals surface area contributed by atoms with Crippen molar-refractivity contribution >= 4 is 5.71 Å². The smallest absolute Gasteiger partial charge is 0.140 e. The van der Waals surface area contributed by atoms with Gasteiger partial charge in [-0.25, -0.2) is 0 Å². The molecule has 0 bridgehead atoms. The van der Waals surface area contributed by atoms with Crippen LogP contribution in [0.5, 0.6) is 5.75 Å². The van der Waals surface area contributed by atoms with Gasteiger partial charge in [-0.15, -0.1) is 0 Å². The van der Waals surface area contributed by atoms with Gasteiger partial charge < -0.3 is 9.57 Å². The molecule has 0 N–H and O–H groups in total. The van der Waals surface area contributed by atoms with Crippen molar-refractivity contribution in [1.82, 2.24) is 0 Å². The summed E-state index contributed by atoms with van der Waals surface area (Å²) in [6.45, 7) is 0. The normalized spacial score (nSPS) is 22.8. The van der Waals surface area contributed by atoms with Crippen LogP contribution >= 0.6 is 0 Å². The molecule has 4 rings (SSSR count). The van der Waals surface area contributed by atoms with Gasteiger partial charge in [-0.3, -0.25) is 0 Å². The van der Waals surface area contributed by atoms with Crippen LogP contribution in [0.3, 0.4) is 0 Å². The zero-order valence-corrected chi connectivity index (χ0v) is 12.0. The second kappa shape index (κ2) is 4.92. The highest BCUT2D eigenvalue weighted by Crippen LogP contribution is 2.40. The van der Waals surface area contributed by atoms with E-state index in [0.717, 1.165) is 29.9 Å². The van der Waals surface area contributed by atoms with Crippen molar-refractivity contribution in [2.24, 2.45) is 5.16 Å². The third-order valence-electron chi connectivity index (χ3n) is 4.43. The maximum Gasteiger partial charge on any atom is 0.140 e. The molecule has 2 unspecified atom stereocenters. The summed E-state index contributed by atoms with van der Waals surface area (Å²) in [7, 11) is 1.68. The number of fused-ring (bicyclic) bond motifs is 3. The standard InChI is InChI=1S/C18H17NO2/c1-20-14-9-6-13(7-10-14)18-17-15-5-3-2-4-12(15)8-11-16(17)21-19-18/h2-7,9-10,16-17H,8,11H2,1H3. The lowest BCUT2D eigenvalue weighted by Gasteiger charge is -2.27. The van der Waals surface area contributed by atoms with Crippen LogP contribution in [0.15, 0.2) is 53.7 Å². The second-order valence-electron chi connectivity index (χ2n) is 5.56. The van der Waals surface area contributed by atoms with E-state index in [1.165, 1.54) is 11.1 Å². The summed E-state index contributed by atoms with van der Waals surface area (Å²) in [4.78, 5) is 5.69. The van der Waals surface area contributed by atoms with E-state index in [1.54, 1.807) is 7.11 Å². The number of hydrogen-bond acceptors (Lipinski definition) is 3. The molecule has 2 aliphatic rings. The average molecular weight is 279 g/mol. The minimum absolute atomic E-state index is 0.178. The number of benzene rings is 2. The average Bonchev–Trinajstić information content (AvgIpc) is 2.99. The van der Waals surface area contributed by atoms with E-state index in [1.807, 2.05) is 12.1 Å². The van der Waals surface area contributed by atoms with Crippen molar-refractivity contribution in [2.75, 3.05) is 7.11 Å². The van der Waals surface area contributed by atoms with E-state index >= 15 is 0 Å². The molecule has 0 saturated heterocycles. The van der Waals surface area contributed by atoms with Gasteiger partial charge in [0.25, 0.3) is 0 Å². The van der Waals surface area contributed by atoms with Gasteiger partial charge >= 0.3 is 0 Å². The first-order valence-corrected chi connectivity index (χ1v) is 7.33. The van der Waals surface area contributed by atoms with E-state index in [-0.39, 0.29) is 12.0 Å². The zero-order chi connectivity index (χ0) is 14.2. The monoisotopic (exact) mass is 279 g/mol. The molecule has 3 heteroatoms. The lowest BCUT2D eigenvalue weighted by Crippen LogP contribution is -2.27. The van der Waals surface area contributed by atoms with E-state index in [9.17, 15) is 0 Å². The van der Waals surface area contributed by atoms with Crippen LogP contribution in [0.2, 0.25) is 0 Å². The molecular formula is C18H17NO2. The SMILES string of the molecule is COc1ccc(C2=NOC3CCc4ccccc4C23)cc1. The summed E-state index contributed by atoms with van der Waals surface area (Å²) >= 11 is 0. The fourth-order valence-corrected chi connectivity index (χ4v) is 3.34.